The Bertz CT molecular complexity index is 430. The van der Waals surface area contributed by atoms with Gasteiger partial charge < -0.3 is 15.3 Å². The van der Waals surface area contributed by atoms with Gasteiger partial charge in [-0.1, -0.05) is 0 Å². The van der Waals surface area contributed by atoms with Crippen LogP contribution in [0.2, 0.25) is 0 Å². The number of carboxylic acids is 1. The second kappa shape index (κ2) is 6.04. The molecule has 21 heavy (non-hydrogen) atoms. The topological polar surface area (TPSA) is 72.9 Å². The van der Waals surface area contributed by atoms with E-state index in [0.29, 0.717) is 24.1 Å². The van der Waals surface area contributed by atoms with E-state index in [1.165, 1.54) is 0 Å². The highest BCUT2D eigenvalue weighted by Crippen LogP contribution is 2.45. The molecule has 0 radical (unpaired) electrons. The molecule has 0 aromatic rings. The Kier molecular flexibility index (Phi) is 4.31. The van der Waals surface area contributed by atoms with Crippen LogP contribution in [0.25, 0.3) is 0 Å². The van der Waals surface area contributed by atoms with Crippen LogP contribution in [-0.2, 0) is 4.79 Å². The van der Waals surface area contributed by atoms with Crippen molar-refractivity contribution >= 4 is 23.8 Å². The van der Waals surface area contributed by atoms with Gasteiger partial charge in [0.15, 0.2) is 0 Å². The smallest absolute Gasteiger partial charge is 0.327 e. The third kappa shape index (κ3) is 3.29. The Morgan fingerprint density at radius 2 is 2.10 bits per heavy atom. The molecule has 3 aliphatic rings. The molecule has 2 saturated heterocycles. The van der Waals surface area contributed by atoms with Crippen LogP contribution in [0, 0.1) is 11.8 Å². The van der Waals surface area contributed by atoms with E-state index in [1.54, 1.807) is 16.7 Å². The minimum atomic E-state index is -0.888. The van der Waals surface area contributed by atoms with E-state index in [0.717, 1.165) is 32.4 Å². The van der Waals surface area contributed by atoms with Crippen molar-refractivity contribution < 1.29 is 14.7 Å². The lowest BCUT2D eigenvalue weighted by Crippen LogP contribution is -2.51. The Morgan fingerprint density at radius 3 is 2.67 bits per heavy atom. The zero-order valence-electron chi connectivity index (χ0n) is 12.3. The molecule has 7 heteroatoms. The minimum Gasteiger partial charge on any atom is -0.480 e. The van der Waals surface area contributed by atoms with E-state index < -0.39 is 12.0 Å². The van der Waals surface area contributed by atoms with Gasteiger partial charge in [0, 0.05) is 18.8 Å². The molecule has 0 aromatic heterocycles. The number of urea groups is 1. The summed E-state index contributed by atoms with van der Waals surface area (Å²) in [5.74, 6) is 0.594. The van der Waals surface area contributed by atoms with Crippen LogP contribution in [-0.4, -0.2) is 70.8 Å². The summed E-state index contributed by atoms with van der Waals surface area (Å²) in [6.07, 6.45) is 3.32. The molecule has 2 aliphatic heterocycles. The SMILES string of the molecule is CN1CCC(CNC(=O)N2C(C(=O)O)CSC2C2CC2)C1. The maximum Gasteiger partial charge on any atom is 0.327 e. The number of rotatable bonds is 4. The van der Waals surface area contributed by atoms with Crippen molar-refractivity contribution in [2.24, 2.45) is 11.8 Å². The summed E-state index contributed by atoms with van der Waals surface area (Å²) < 4.78 is 0. The number of hydrogen-bond donors (Lipinski definition) is 2. The van der Waals surface area contributed by atoms with Crippen LogP contribution in [0.4, 0.5) is 4.79 Å². The average molecular weight is 313 g/mol. The molecule has 0 spiro atoms. The zero-order chi connectivity index (χ0) is 15.0. The first-order valence-corrected chi connectivity index (χ1v) is 8.70. The number of nitrogens with zero attached hydrogens (tertiary/aromatic N) is 2. The number of aliphatic carboxylic acids is 1. The van der Waals surface area contributed by atoms with Gasteiger partial charge in [-0.25, -0.2) is 9.59 Å². The molecular weight excluding hydrogens is 290 g/mol. The van der Waals surface area contributed by atoms with Crippen LogP contribution in [0.1, 0.15) is 19.3 Å². The minimum absolute atomic E-state index is 0.0531. The van der Waals surface area contributed by atoms with Gasteiger partial charge in [0.05, 0.1) is 5.37 Å². The zero-order valence-corrected chi connectivity index (χ0v) is 13.1. The van der Waals surface area contributed by atoms with E-state index >= 15 is 0 Å². The highest BCUT2D eigenvalue weighted by molar-refractivity contribution is 8.00. The van der Waals surface area contributed by atoms with Crippen molar-refractivity contribution in [3.8, 4) is 0 Å². The standard InChI is InChI=1S/C14H23N3O3S/c1-16-5-4-9(7-16)6-15-14(20)17-11(13(18)19)8-21-12(17)10-2-3-10/h9-12H,2-8H2,1H3,(H,15,20)(H,18,19). The molecule has 6 nitrogen and oxygen atoms in total. The van der Waals surface area contributed by atoms with Gasteiger partial charge in [0.2, 0.25) is 0 Å². The van der Waals surface area contributed by atoms with E-state index in [2.05, 4.69) is 17.3 Å². The fourth-order valence-electron chi connectivity index (χ4n) is 3.24. The molecule has 3 unspecified atom stereocenters. The number of nitrogens with one attached hydrogen (secondary N) is 1. The summed E-state index contributed by atoms with van der Waals surface area (Å²) in [7, 11) is 2.09. The molecule has 3 atom stereocenters. The number of carbonyl (C=O) groups excluding carboxylic acids is 1. The Labute approximate surface area is 129 Å². The Morgan fingerprint density at radius 1 is 1.33 bits per heavy atom. The normalized spacial score (nSPS) is 33.4. The largest absolute Gasteiger partial charge is 0.480 e. The lowest BCUT2D eigenvalue weighted by atomic mass is 10.1. The molecule has 0 aromatic carbocycles. The van der Waals surface area contributed by atoms with Crippen molar-refractivity contribution in [3.63, 3.8) is 0 Å². The highest BCUT2D eigenvalue weighted by Gasteiger charge is 2.48. The summed E-state index contributed by atoms with van der Waals surface area (Å²) in [4.78, 5) is 27.7. The number of amides is 2. The van der Waals surface area contributed by atoms with Crippen LogP contribution in [0.5, 0.6) is 0 Å². The maximum absolute atomic E-state index is 12.5. The first kappa shape index (κ1) is 15.0. The van der Waals surface area contributed by atoms with E-state index in [-0.39, 0.29) is 11.4 Å². The molecular formula is C14H23N3O3S. The summed E-state index contributed by atoms with van der Waals surface area (Å²) in [6, 6.07) is -0.870. The third-order valence-corrected chi connectivity index (χ3v) is 6.07. The van der Waals surface area contributed by atoms with Gasteiger partial charge in [-0.05, 0) is 44.7 Å². The van der Waals surface area contributed by atoms with E-state index in [9.17, 15) is 14.7 Å². The number of hydrogen-bond acceptors (Lipinski definition) is 4. The maximum atomic E-state index is 12.5. The van der Waals surface area contributed by atoms with Crippen LogP contribution in [0.3, 0.4) is 0 Å². The Hall–Kier alpha value is -0.950. The third-order valence-electron chi connectivity index (χ3n) is 4.61. The molecule has 2 amide bonds. The first-order chi connectivity index (χ1) is 10.1. The molecule has 2 N–H and O–H groups in total. The van der Waals surface area contributed by atoms with Crippen LogP contribution >= 0.6 is 11.8 Å². The van der Waals surface area contributed by atoms with Gasteiger partial charge in [0.25, 0.3) is 0 Å². The molecule has 118 valence electrons. The molecule has 1 aliphatic carbocycles. The summed E-state index contributed by atoms with van der Waals surface area (Å²) in [5, 5.41) is 12.3. The fourth-order valence-corrected chi connectivity index (χ4v) is 4.87. The second-order valence-corrected chi connectivity index (χ2v) is 7.58. The van der Waals surface area contributed by atoms with Crippen molar-refractivity contribution in [1.82, 2.24) is 15.1 Å². The second-order valence-electron chi connectivity index (χ2n) is 6.43. The predicted molar refractivity (Wildman–Crippen MR) is 81.2 cm³/mol. The van der Waals surface area contributed by atoms with E-state index in [4.69, 9.17) is 0 Å². The molecule has 3 rings (SSSR count). The number of carboxylic acid groups (broad SMARTS) is 1. The van der Waals surface area contributed by atoms with Gasteiger partial charge in [0.1, 0.15) is 6.04 Å². The van der Waals surface area contributed by atoms with Crippen LogP contribution in [0.15, 0.2) is 0 Å². The summed E-state index contributed by atoms with van der Waals surface area (Å²) in [5.41, 5.74) is 0. The number of likely N-dealkylation sites (tertiary alicyclic amines) is 1. The molecule has 1 saturated carbocycles. The first-order valence-electron chi connectivity index (χ1n) is 7.65. The number of carbonyl (C=O) groups is 2. The van der Waals surface area contributed by atoms with Crippen LogP contribution < -0.4 is 5.32 Å². The molecule has 2 heterocycles. The average Bonchev–Trinajstić information content (AvgIpc) is 3.04. The molecule has 0 bridgehead atoms. The fraction of sp³-hybridized carbons (Fsp3) is 0.857. The van der Waals surface area contributed by atoms with Gasteiger partial charge in [-0.15, -0.1) is 11.8 Å². The monoisotopic (exact) mass is 313 g/mol. The van der Waals surface area contributed by atoms with Gasteiger partial charge in [-0.2, -0.15) is 0 Å². The molecule has 3 fully saturated rings. The van der Waals surface area contributed by atoms with Gasteiger partial charge in [-0.3, -0.25) is 4.90 Å². The van der Waals surface area contributed by atoms with Crippen molar-refractivity contribution in [2.45, 2.75) is 30.7 Å². The van der Waals surface area contributed by atoms with Crippen molar-refractivity contribution in [2.75, 3.05) is 32.4 Å². The number of thioether (sulfide) groups is 1. The van der Waals surface area contributed by atoms with Gasteiger partial charge >= 0.3 is 12.0 Å². The lowest BCUT2D eigenvalue weighted by molar-refractivity contribution is -0.141. The summed E-state index contributed by atoms with van der Waals surface area (Å²) >= 11 is 1.62. The Balaban J connectivity index is 1.58. The quantitative estimate of drug-likeness (QED) is 0.806. The lowest BCUT2D eigenvalue weighted by Gasteiger charge is -2.28. The van der Waals surface area contributed by atoms with Crippen molar-refractivity contribution in [3.05, 3.63) is 0 Å². The van der Waals surface area contributed by atoms with Crippen molar-refractivity contribution in [1.29, 1.82) is 0 Å². The highest BCUT2D eigenvalue weighted by atomic mass is 32.2. The predicted octanol–water partition coefficient (Wildman–Crippen LogP) is 0.886. The summed E-state index contributed by atoms with van der Waals surface area (Å²) in [6.45, 7) is 2.72. The van der Waals surface area contributed by atoms with E-state index in [1.807, 2.05) is 0 Å².